The molecule has 5 heteroatoms. The van der Waals surface area contributed by atoms with Gasteiger partial charge in [0.2, 0.25) is 0 Å². The van der Waals surface area contributed by atoms with E-state index < -0.39 is 0 Å². The number of carbonyl (C=O) groups is 2. The highest BCUT2D eigenvalue weighted by molar-refractivity contribution is 5.92. The Morgan fingerprint density at radius 1 is 0.861 bits per heavy atom. The molecule has 36 heavy (non-hydrogen) atoms. The van der Waals surface area contributed by atoms with Crippen molar-refractivity contribution in [1.82, 2.24) is 9.80 Å². The van der Waals surface area contributed by atoms with Gasteiger partial charge in [0.25, 0.3) is 0 Å². The summed E-state index contributed by atoms with van der Waals surface area (Å²) in [5.74, 6) is 3.09. The first-order chi connectivity index (χ1) is 17.3. The van der Waals surface area contributed by atoms with Gasteiger partial charge < -0.3 is 4.74 Å². The Hall–Kier alpha value is -0.940. The summed E-state index contributed by atoms with van der Waals surface area (Å²) < 4.78 is 6.04. The largest absolute Gasteiger partial charge is 0.461 e. The highest BCUT2D eigenvalue weighted by Crippen LogP contribution is 2.66. The second kappa shape index (κ2) is 9.67. The highest BCUT2D eigenvalue weighted by atomic mass is 16.5. The zero-order chi connectivity index (χ0) is 25.1. The van der Waals surface area contributed by atoms with Crippen molar-refractivity contribution in [3.05, 3.63) is 0 Å². The molecule has 5 nitrogen and oxygen atoms in total. The van der Waals surface area contributed by atoms with Gasteiger partial charge in [0.05, 0.1) is 6.04 Å². The minimum Gasteiger partial charge on any atom is -0.461 e. The Bertz CT molecular complexity index is 849. The van der Waals surface area contributed by atoms with Gasteiger partial charge >= 0.3 is 5.97 Å². The number of Topliss-reactive ketones (excluding diaryl/α,β-unsaturated/α-hetero) is 1. The highest BCUT2D eigenvalue weighted by Gasteiger charge is 2.64. The van der Waals surface area contributed by atoms with Gasteiger partial charge in [-0.3, -0.25) is 19.4 Å². The third-order valence-electron chi connectivity index (χ3n) is 12.4. The van der Waals surface area contributed by atoms with Crippen molar-refractivity contribution in [3.8, 4) is 0 Å². The van der Waals surface area contributed by atoms with Crippen molar-refractivity contribution >= 4 is 11.8 Å². The smallest absolute Gasteiger partial charge is 0.302 e. The van der Waals surface area contributed by atoms with Crippen LogP contribution in [-0.4, -0.2) is 65.9 Å². The lowest BCUT2D eigenvalue weighted by molar-refractivity contribution is -0.174. The summed E-state index contributed by atoms with van der Waals surface area (Å²) in [5, 5.41) is 0. The van der Waals surface area contributed by atoms with Crippen molar-refractivity contribution in [1.29, 1.82) is 0 Å². The predicted molar refractivity (Wildman–Crippen MR) is 141 cm³/mol. The maximum Gasteiger partial charge on any atom is 0.302 e. The van der Waals surface area contributed by atoms with E-state index in [4.69, 9.17) is 4.74 Å². The second-order valence-electron chi connectivity index (χ2n) is 14.1. The number of nitrogens with zero attached hydrogens (tertiary/aromatic N) is 2. The molecule has 4 unspecified atom stereocenters. The molecule has 2 heterocycles. The van der Waals surface area contributed by atoms with Gasteiger partial charge in [-0.05, 0) is 126 Å². The first-order valence-corrected chi connectivity index (χ1v) is 15.5. The van der Waals surface area contributed by atoms with E-state index in [0.29, 0.717) is 40.9 Å². The number of carbonyl (C=O) groups excluding carboxylic acids is 2. The molecule has 0 radical (unpaired) electrons. The van der Waals surface area contributed by atoms with Crippen LogP contribution in [0.25, 0.3) is 0 Å². The fourth-order valence-electron chi connectivity index (χ4n) is 10.5. The zero-order valence-corrected chi connectivity index (χ0v) is 23.2. The molecule has 2 aliphatic heterocycles. The van der Waals surface area contributed by atoms with Gasteiger partial charge in [-0.25, -0.2) is 0 Å². The van der Waals surface area contributed by atoms with Gasteiger partial charge in [0.1, 0.15) is 6.10 Å². The average molecular weight is 499 g/mol. The number of esters is 1. The normalized spacial score (nSPS) is 48.1. The maximum absolute atomic E-state index is 13.9. The Labute approximate surface area is 219 Å². The summed E-state index contributed by atoms with van der Waals surface area (Å²) in [6, 6.07) is 0.555. The van der Waals surface area contributed by atoms with E-state index in [9.17, 15) is 9.59 Å². The lowest BCUT2D eigenvalue weighted by Gasteiger charge is -2.62. The fraction of sp³-hybridized carbons (Fsp3) is 0.935. The molecule has 0 N–H and O–H groups in total. The van der Waals surface area contributed by atoms with Crippen LogP contribution in [0, 0.1) is 34.5 Å². The summed E-state index contributed by atoms with van der Waals surface area (Å²) >= 11 is 0. The van der Waals surface area contributed by atoms with Gasteiger partial charge in [-0.15, -0.1) is 0 Å². The van der Waals surface area contributed by atoms with E-state index in [1.165, 1.54) is 64.2 Å². The monoisotopic (exact) mass is 498 g/mol. The van der Waals surface area contributed by atoms with Crippen LogP contribution in [0.4, 0.5) is 0 Å². The van der Waals surface area contributed by atoms with Gasteiger partial charge in [0, 0.05) is 18.4 Å². The quantitative estimate of drug-likeness (QED) is 0.484. The Balaban J connectivity index is 1.25. The number of fused-ring (bicyclic) bond motifs is 5. The zero-order valence-electron chi connectivity index (χ0n) is 23.2. The lowest BCUT2D eigenvalue weighted by atomic mass is 9.44. The Morgan fingerprint density at radius 2 is 1.53 bits per heavy atom. The van der Waals surface area contributed by atoms with Gasteiger partial charge in [-0.1, -0.05) is 26.7 Å². The van der Waals surface area contributed by atoms with Gasteiger partial charge in [0.15, 0.2) is 5.78 Å². The first-order valence-electron chi connectivity index (χ1n) is 15.5. The number of piperidine rings is 2. The lowest BCUT2D eigenvalue weighted by Crippen LogP contribution is -2.60. The summed E-state index contributed by atoms with van der Waals surface area (Å²) in [6.45, 7) is 11.1. The molecule has 6 rings (SSSR count). The molecule has 0 aromatic heterocycles. The molecule has 9 atom stereocenters. The average Bonchev–Trinajstić information content (AvgIpc) is 3.15. The van der Waals surface area contributed by atoms with Crippen LogP contribution in [0.15, 0.2) is 0 Å². The molecule has 0 aromatic rings. The van der Waals surface area contributed by atoms with E-state index in [0.717, 1.165) is 45.4 Å². The summed E-state index contributed by atoms with van der Waals surface area (Å²) in [4.78, 5) is 31.2. The molecule has 202 valence electrons. The van der Waals surface area contributed by atoms with Crippen LogP contribution < -0.4 is 0 Å². The van der Waals surface area contributed by atoms with Crippen LogP contribution in [0.3, 0.4) is 0 Å². The molecule has 0 spiro atoms. The van der Waals surface area contributed by atoms with Crippen LogP contribution in [0.5, 0.6) is 0 Å². The molecule has 4 aliphatic carbocycles. The molecular formula is C31H50N2O3. The van der Waals surface area contributed by atoms with E-state index in [2.05, 4.69) is 23.6 Å². The Kier molecular flexibility index (Phi) is 6.80. The standard InChI is InChI=1S/C31H50N2O3/c1-21(34)36-28-18-22-10-11-23-24(31(22,3)20-27(28)33-16-8-5-9-17-33)12-13-30(2)25(23)19-26(29(30)35)32-14-6-4-7-15-32/h22-28H,4-20H2,1-3H3/t22?,23-,24-,25+,26?,27?,28?,30+,31+/m1/s1. The number of likely N-dealkylation sites (tertiary alicyclic amines) is 2. The van der Waals surface area contributed by atoms with E-state index in [1.807, 2.05) is 0 Å². The number of hydrogen-bond acceptors (Lipinski definition) is 5. The molecular weight excluding hydrogens is 448 g/mol. The molecule has 6 aliphatic rings. The SMILES string of the molecule is CC(=O)OC1CC2CC[C@@H]3[C@@H](CC[C@]4(C)C(=O)C(N5CCCCC5)C[C@@H]34)[C@@]2(C)CC1N1CCCCC1. The van der Waals surface area contributed by atoms with E-state index >= 15 is 0 Å². The third kappa shape index (κ3) is 4.10. The summed E-state index contributed by atoms with van der Waals surface area (Å²) in [7, 11) is 0. The van der Waals surface area contributed by atoms with Crippen LogP contribution in [0.2, 0.25) is 0 Å². The minimum atomic E-state index is -0.110. The minimum absolute atomic E-state index is 0.0561. The number of ether oxygens (including phenoxy) is 1. The summed E-state index contributed by atoms with van der Waals surface area (Å²) in [5.41, 5.74) is 0.197. The van der Waals surface area contributed by atoms with Crippen molar-refractivity contribution in [2.45, 2.75) is 122 Å². The first kappa shape index (κ1) is 25.3. The number of rotatable bonds is 3. The second-order valence-corrected chi connectivity index (χ2v) is 14.1. The van der Waals surface area contributed by atoms with E-state index in [1.54, 1.807) is 6.92 Å². The van der Waals surface area contributed by atoms with Gasteiger partial charge in [-0.2, -0.15) is 0 Å². The number of ketones is 1. The summed E-state index contributed by atoms with van der Waals surface area (Å²) in [6.07, 6.45) is 15.9. The molecule has 2 saturated heterocycles. The molecule has 0 amide bonds. The third-order valence-corrected chi connectivity index (χ3v) is 12.4. The fourth-order valence-corrected chi connectivity index (χ4v) is 10.5. The van der Waals surface area contributed by atoms with Crippen LogP contribution >= 0.6 is 0 Å². The topological polar surface area (TPSA) is 49.9 Å². The molecule has 6 fully saturated rings. The van der Waals surface area contributed by atoms with E-state index in [-0.39, 0.29) is 23.5 Å². The van der Waals surface area contributed by atoms with Crippen molar-refractivity contribution in [3.63, 3.8) is 0 Å². The van der Waals surface area contributed by atoms with Crippen LogP contribution in [0.1, 0.15) is 104 Å². The number of hydrogen-bond donors (Lipinski definition) is 0. The van der Waals surface area contributed by atoms with Crippen molar-refractivity contribution in [2.24, 2.45) is 34.5 Å². The molecule has 0 bridgehead atoms. The maximum atomic E-state index is 13.9. The van der Waals surface area contributed by atoms with Crippen LogP contribution in [-0.2, 0) is 14.3 Å². The van der Waals surface area contributed by atoms with Crippen molar-refractivity contribution < 1.29 is 14.3 Å². The predicted octanol–water partition coefficient (Wildman–Crippen LogP) is 5.46. The van der Waals surface area contributed by atoms with Crippen molar-refractivity contribution in [2.75, 3.05) is 26.2 Å². The Morgan fingerprint density at radius 3 is 2.19 bits per heavy atom. The molecule has 4 saturated carbocycles. The molecule has 0 aromatic carbocycles.